The third kappa shape index (κ3) is 2.24. The van der Waals surface area contributed by atoms with E-state index >= 15 is 0 Å². The maximum Gasteiger partial charge on any atom is 0.167 e. The van der Waals surface area contributed by atoms with Crippen molar-refractivity contribution in [2.75, 3.05) is 6.54 Å². The third-order valence-electron chi connectivity index (χ3n) is 3.39. The normalized spacial score (nSPS) is 14.2. The van der Waals surface area contributed by atoms with Crippen LogP contribution in [0, 0.1) is 0 Å². The Balaban J connectivity index is 1.89. The minimum atomic E-state index is 0.243. The van der Waals surface area contributed by atoms with Crippen LogP contribution in [-0.2, 0) is 19.4 Å². The van der Waals surface area contributed by atoms with Crippen LogP contribution in [0.1, 0.15) is 27.0 Å². The molecule has 3 heteroatoms. The predicted octanol–water partition coefficient (Wildman–Crippen LogP) is 2.82. The van der Waals surface area contributed by atoms with Gasteiger partial charge in [0.05, 0.1) is 0 Å². The molecule has 0 aliphatic carbocycles. The summed E-state index contributed by atoms with van der Waals surface area (Å²) in [7, 11) is 0. The van der Waals surface area contributed by atoms with E-state index in [-0.39, 0.29) is 5.78 Å². The second-order valence-corrected chi connectivity index (χ2v) is 5.38. The highest BCUT2D eigenvalue weighted by Crippen LogP contribution is 2.20. The van der Waals surface area contributed by atoms with Gasteiger partial charge in [0.15, 0.2) is 5.78 Å². The summed E-state index contributed by atoms with van der Waals surface area (Å²) in [6.07, 6.45) is 1.48. The SMILES string of the molecule is O=C(Cc1ccsc1)c1cccc2c1CCNC2. The zero-order valence-electron chi connectivity index (χ0n) is 10.1. The Morgan fingerprint density at radius 2 is 2.28 bits per heavy atom. The van der Waals surface area contributed by atoms with Crippen LogP contribution in [0.3, 0.4) is 0 Å². The van der Waals surface area contributed by atoms with Gasteiger partial charge in [-0.05, 0) is 46.5 Å². The molecule has 0 unspecified atom stereocenters. The van der Waals surface area contributed by atoms with E-state index in [0.717, 1.165) is 30.6 Å². The molecular weight excluding hydrogens is 242 g/mol. The van der Waals surface area contributed by atoms with Crippen LogP contribution >= 0.6 is 11.3 Å². The van der Waals surface area contributed by atoms with Gasteiger partial charge in [-0.2, -0.15) is 11.3 Å². The average Bonchev–Trinajstić information content (AvgIpc) is 2.91. The first kappa shape index (κ1) is 11.6. The summed E-state index contributed by atoms with van der Waals surface area (Å²) in [5.41, 5.74) is 4.56. The van der Waals surface area contributed by atoms with E-state index in [4.69, 9.17) is 0 Å². The Bertz CT molecular complexity index is 560. The van der Waals surface area contributed by atoms with Gasteiger partial charge in [0, 0.05) is 18.5 Å². The van der Waals surface area contributed by atoms with Gasteiger partial charge in [-0.3, -0.25) is 4.79 Å². The summed E-state index contributed by atoms with van der Waals surface area (Å²) < 4.78 is 0. The standard InChI is InChI=1S/C15H15NOS/c17-15(8-11-5-7-18-10-11)14-3-1-2-12-9-16-6-4-13(12)14/h1-3,5,7,10,16H,4,6,8-9H2. The molecule has 18 heavy (non-hydrogen) atoms. The van der Waals surface area contributed by atoms with Crippen molar-refractivity contribution in [3.63, 3.8) is 0 Å². The summed E-state index contributed by atoms with van der Waals surface area (Å²) in [6, 6.07) is 8.11. The first-order chi connectivity index (χ1) is 8.84. The molecular formula is C15H15NOS. The molecule has 1 aliphatic heterocycles. The first-order valence-corrected chi connectivity index (χ1v) is 7.14. The van der Waals surface area contributed by atoms with E-state index in [9.17, 15) is 4.79 Å². The van der Waals surface area contributed by atoms with Crippen LogP contribution < -0.4 is 5.32 Å². The summed E-state index contributed by atoms with van der Waals surface area (Å²) in [6.45, 7) is 1.85. The number of benzene rings is 1. The van der Waals surface area contributed by atoms with Crippen molar-refractivity contribution in [3.8, 4) is 0 Å². The van der Waals surface area contributed by atoms with E-state index in [2.05, 4.69) is 16.8 Å². The Labute approximate surface area is 111 Å². The number of carbonyl (C=O) groups is 1. The number of Topliss-reactive ketones (excluding diaryl/α,β-unsaturated/α-hetero) is 1. The maximum atomic E-state index is 12.4. The molecule has 0 amide bonds. The maximum absolute atomic E-state index is 12.4. The molecule has 1 N–H and O–H groups in total. The first-order valence-electron chi connectivity index (χ1n) is 6.20. The van der Waals surface area contributed by atoms with E-state index in [1.165, 1.54) is 11.1 Å². The van der Waals surface area contributed by atoms with Gasteiger partial charge in [0.1, 0.15) is 0 Å². The highest BCUT2D eigenvalue weighted by molar-refractivity contribution is 7.08. The minimum absolute atomic E-state index is 0.243. The largest absolute Gasteiger partial charge is 0.312 e. The highest BCUT2D eigenvalue weighted by Gasteiger charge is 2.17. The molecule has 92 valence electrons. The van der Waals surface area contributed by atoms with Crippen LogP contribution in [0.5, 0.6) is 0 Å². The van der Waals surface area contributed by atoms with Crippen molar-refractivity contribution in [2.24, 2.45) is 0 Å². The van der Waals surface area contributed by atoms with Crippen molar-refractivity contribution < 1.29 is 4.79 Å². The lowest BCUT2D eigenvalue weighted by atomic mass is 9.92. The number of hydrogen-bond donors (Lipinski definition) is 1. The minimum Gasteiger partial charge on any atom is -0.312 e. The Hall–Kier alpha value is -1.45. The number of fused-ring (bicyclic) bond motifs is 1. The fourth-order valence-electron chi connectivity index (χ4n) is 2.47. The Kier molecular flexibility index (Phi) is 3.26. The Morgan fingerprint density at radius 1 is 1.33 bits per heavy atom. The summed E-state index contributed by atoms with van der Waals surface area (Å²) in [5, 5.41) is 7.41. The van der Waals surface area contributed by atoms with Gasteiger partial charge >= 0.3 is 0 Å². The van der Waals surface area contributed by atoms with Gasteiger partial charge in [-0.15, -0.1) is 0 Å². The number of rotatable bonds is 3. The van der Waals surface area contributed by atoms with Gasteiger partial charge in [0.25, 0.3) is 0 Å². The van der Waals surface area contributed by atoms with E-state index in [1.807, 2.05) is 23.6 Å². The quantitative estimate of drug-likeness (QED) is 0.857. The molecule has 0 fully saturated rings. The third-order valence-corrected chi connectivity index (χ3v) is 4.12. The van der Waals surface area contributed by atoms with Gasteiger partial charge in [-0.25, -0.2) is 0 Å². The predicted molar refractivity (Wildman–Crippen MR) is 74.2 cm³/mol. The lowest BCUT2D eigenvalue weighted by Gasteiger charge is -2.19. The van der Waals surface area contributed by atoms with E-state index in [1.54, 1.807) is 11.3 Å². The van der Waals surface area contributed by atoms with Gasteiger partial charge in [0.2, 0.25) is 0 Å². The van der Waals surface area contributed by atoms with Gasteiger partial charge < -0.3 is 5.32 Å². The van der Waals surface area contributed by atoms with Crippen molar-refractivity contribution in [1.82, 2.24) is 5.32 Å². The summed E-state index contributed by atoms with van der Waals surface area (Å²) in [5.74, 6) is 0.243. The molecule has 2 heterocycles. The fraction of sp³-hybridized carbons (Fsp3) is 0.267. The second-order valence-electron chi connectivity index (χ2n) is 4.60. The molecule has 2 aromatic rings. The van der Waals surface area contributed by atoms with Crippen LogP contribution in [0.2, 0.25) is 0 Å². The van der Waals surface area contributed by atoms with Crippen LogP contribution in [-0.4, -0.2) is 12.3 Å². The molecule has 0 bridgehead atoms. The number of nitrogens with one attached hydrogen (secondary N) is 1. The lowest BCUT2D eigenvalue weighted by Crippen LogP contribution is -2.25. The molecule has 0 saturated carbocycles. The van der Waals surface area contributed by atoms with Crippen molar-refractivity contribution in [1.29, 1.82) is 0 Å². The van der Waals surface area contributed by atoms with E-state index < -0.39 is 0 Å². The zero-order valence-corrected chi connectivity index (χ0v) is 10.9. The molecule has 1 aliphatic rings. The van der Waals surface area contributed by atoms with Crippen molar-refractivity contribution >= 4 is 17.1 Å². The van der Waals surface area contributed by atoms with Crippen molar-refractivity contribution in [3.05, 3.63) is 57.3 Å². The second kappa shape index (κ2) is 5.04. The fourth-order valence-corrected chi connectivity index (χ4v) is 3.14. The monoisotopic (exact) mass is 257 g/mol. The molecule has 0 saturated heterocycles. The smallest absolute Gasteiger partial charge is 0.167 e. The molecule has 3 rings (SSSR count). The molecule has 1 aromatic heterocycles. The lowest BCUT2D eigenvalue weighted by molar-refractivity contribution is 0.0992. The molecule has 2 nitrogen and oxygen atoms in total. The number of ketones is 1. The molecule has 0 radical (unpaired) electrons. The molecule has 0 spiro atoms. The van der Waals surface area contributed by atoms with Crippen LogP contribution in [0.4, 0.5) is 0 Å². The van der Waals surface area contributed by atoms with E-state index in [0.29, 0.717) is 6.42 Å². The summed E-state index contributed by atoms with van der Waals surface area (Å²) in [4.78, 5) is 12.4. The average molecular weight is 257 g/mol. The van der Waals surface area contributed by atoms with Gasteiger partial charge in [-0.1, -0.05) is 18.2 Å². The Morgan fingerprint density at radius 3 is 3.11 bits per heavy atom. The number of thiophene rings is 1. The van der Waals surface area contributed by atoms with Crippen LogP contribution in [0.25, 0.3) is 0 Å². The molecule has 1 aromatic carbocycles. The highest BCUT2D eigenvalue weighted by atomic mass is 32.1. The van der Waals surface area contributed by atoms with Crippen molar-refractivity contribution in [2.45, 2.75) is 19.4 Å². The number of hydrogen-bond acceptors (Lipinski definition) is 3. The van der Waals surface area contributed by atoms with Crippen LogP contribution in [0.15, 0.2) is 35.0 Å². The topological polar surface area (TPSA) is 29.1 Å². The zero-order chi connectivity index (χ0) is 12.4. The number of carbonyl (C=O) groups excluding carboxylic acids is 1. The molecule has 0 atom stereocenters. The summed E-state index contributed by atoms with van der Waals surface area (Å²) >= 11 is 1.64.